The fourth-order valence-corrected chi connectivity index (χ4v) is 4.14. The minimum absolute atomic E-state index is 0.135. The summed E-state index contributed by atoms with van der Waals surface area (Å²) in [4.78, 5) is 42.3. The van der Waals surface area contributed by atoms with E-state index in [0.717, 1.165) is 22.0 Å². The predicted molar refractivity (Wildman–Crippen MR) is 117 cm³/mol. The van der Waals surface area contributed by atoms with Crippen LogP contribution < -0.4 is 15.4 Å². The molecule has 4 amide bonds. The number of hydrogen-bond donors (Lipinski definition) is 3. The third-order valence-corrected chi connectivity index (χ3v) is 5.90. The molecule has 3 aromatic rings. The number of aromatic amines is 1. The molecule has 2 aliphatic rings. The number of aromatic nitrogens is 1. The zero-order valence-corrected chi connectivity index (χ0v) is 17.3. The van der Waals surface area contributed by atoms with E-state index < -0.39 is 17.5 Å². The number of carbonyl (C=O) groups excluding carboxylic acids is 3. The van der Waals surface area contributed by atoms with Crippen molar-refractivity contribution in [3.05, 3.63) is 65.4 Å². The molecular formula is C24H20N4O4. The van der Waals surface area contributed by atoms with Crippen molar-refractivity contribution in [3.63, 3.8) is 0 Å². The maximum absolute atomic E-state index is 12.9. The number of amides is 4. The number of imide groups is 1. The maximum Gasteiger partial charge on any atom is 0.323 e. The number of ether oxygens (including phenoxy) is 1. The molecule has 0 aliphatic carbocycles. The van der Waals surface area contributed by atoms with Gasteiger partial charge in [0.15, 0.2) is 5.54 Å². The fourth-order valence-electron chi connectivity index (χ4n) is 4.14. The molecule has 0 saturated carbocycles. The number of nitrogens with one attached hydrogen (secondary N) is 3. The van der Waals surface area contributed by atoms with Crippen LogP contribution in [0.2, 0.25) is 0 Å². The number of methoxy groups -OCH3 is 1. The highest BCUT2D eigenvalue weighted by atomic mass is 16.5. The zero-order valence-electron chi connectivity index (χ0n) is 17.3. The lowest BCUT2D eigenvalue weighted by Gasteiger charge is -2.23. The number of hydrogen-bond acceptors (Lipinski definition) is 4. The first-order chi connectivity index (χ1) is 15.5. The molecule has 3 heterocycles. The summed E-state index contributed by atoms with van der Waals surface area (Å²) in [5.41, 5.74) is 1.75. The predicted octanol–water partition coefficient (Wildman–Crippen LogP) is 2.15. The Hall–Kier alpha value is -4.25. The smallest absolute Gasteiger partial charge is 0.323 e. The van der Waals surface area contributed by atoms with Crippen molar-refractivity contribution >= 4 is 28.7 Å². The number of urea groups is 1. The van der Waals surface area contributed by atoms with Crippen LogP contribution in [0.4, 0.5) is 4.79 Å². The summed E-state index contributed by atoms with van der Waals surface area (Å²) < 4.78 is 5.21. The zero-order chi connectivity index (χ0) is 22.3. The second-order valence-electron chi connectivity index (χ2n) is 7.81. The Morgan fingerprint density at radius 2 is 2.03 bits per heavy atom. The monoisotopic (exact) mass is 428 g/mol. The summed E-state index contributed by atoms with van der Waals surface area (Å²) in [6, 6.07) is 12.4. The highest BCUT2D eigenvalue weighted by molar-refractivity contribution is 6.09. The molecule has 2 aromatic carbocycles. The second-order valence-corrected chi connectivity index (χ2v) is 7.81. The van der Waals surface area contributed by atoms with E-state index in [-0.39, 0.29) is 18.9 Å². The largest absolute Gasteiger partial charge is 0.497 e. The first kappa shape index (κ1) is 19.7. The second kappa shape index (κ2) is 7.46. The quantitative estimate of drug-likeness (QED) is 0.438. The van der Waals surface area contributed by atoms with Crippen LogP contribution in [0.5, 0.6) is 5.75 Å². The molecule has 1 atom stereocenters. The van der Waals surface area contributed by atoms with Crippen LogP contribution in [-0.4, -0.2) is 46.9 Å². The molecule has 8 nitrogen and oxygen atoms in total. The lowest BCUT2D eigenvalue weighted by Crippen LogP contribution is -2.48. The van der Waals surface area contributed by atoms with Gasteiger partial charge in [-0.2, -0.15) is 0 Å². The molecule has 1 aromatic heterocycles. The minimum atomic E-state index is -1.41. The standard InChI is InChI=1S/C24H20N4O4/c1-32-17-6-5-16-14-28(21(29)19(16)13-17)12-10-24(22(30)26-23(31)27-24)9-7-15-3-2-4-20-18(15)8-11-25-20/h2-6,8,11,13,25H,10,12,14H2,1H3,(H2,26,27,30,31). The van der Waals surface area contributed by atoms with Gasteiger partial charge in [-0.3, -0.25) is 14.9 Å². The number of fused-ring (bicyclic) bond motifs is 2. The maximum atomic E-state index is 12.9. The Morgan fingerprint density at radius 3 is 2.81 bits per heavy atom. The van der Waals surface area contributed by atoms with E-state index >= 15 is 0 Å². The van der Waals surface area contributed by atoms with Gasteiger partial charge in [0, 0.05) is 47.7 Å². The highest BCUT2D eigenvalue weighted by Gasteiger charge is 2.45. The SMILES string of the molecule is COc1ccc2c(c1)C(=O)N(CCC1(C#Cc3cccc4[nH]ccc34)NC(=O)NC1=O)C2. The van der Waals surface area contributed by atoms with Crippen LogP contribution >= 0.6 is 0 Å². The Balaban J connectivity index is 1.41. The van der Waals surface area contributed by atoms with E-state index in [4.69, 9.17) is 4.74 Å². The molecule has 1 saturated heterocycles. The van der Waals surface area contributed by atoms with Gasteiger partial charge in [-0.05, 0) is 35.9 Å². The number of nitrogens with zero attached hydrogens (tertiary/aromatic N) is 1. The molecule has 2 aliphatic heterocycles. The lowest BCUT2D eigenvalue weighted by atomic mass is 9.95. The molecule has 32 heavy (non-hydrogen) atoms. The van der Waals surface area contributed by atoms with E-state index in [1.807, 2.05) is 42.6 Å². The van der Waals surface area contributed by atoms with E-state index in [1.165, 1.54) is 0 Å². The van der Waals surface area contributed by atoms with Gasteiger partial charge in [-0.25, -0.2) is 4.79 Å². The number of carbonyl (C=O) groups is 3. The van der Waals surface area contributed by atoms with Gasteiger partial charge in [0.2, 0.25) is 0 Å². The highest BCUT2D eigenvalue weighted by Crippen LogP contribution is 2.28. The summed E-state index contributed by atoms with van der Waals surface area (Å²) >= 11 is 0. The van der Waals surface area contributed by atoms with Crippen LogP contribution in [0.1, 0.15) is 27.9 Å². The van der Waals surface area contributed by atoms with E-state index in [0.29, 0.717) is 17.9 Å². The van der Waals surface area contributed by atoms with Gasteiger partial charge >= 0.3 is 6.03 Å². The van der Waals surface area contributed by atoms with Crippen molar-refractivity contribution in [1.29, 1.82) is 0 Å². The molecule has 0 radical (unpaired) electrons. The normalized spacial score (nSPS) is 19.4. The van der Waals surface area contributed by atoms with Crippen molar-refractivity contribution in [1.82, 2.24) is 20.5 Å². The molecular weight excluding hydrogens is 408 g/mol. The van der Waals surface area contributed by atoms with E-state index in [2.05, 4.69) is 27.5 Å². The Morgan fingerprint density at radius 1 is 1.16 bits per heavy atom. The third kappa shape index (κ3) is 3.24. The average Bonchev–Trinajstić information content (AvgIpc) is 3.47. The van der Waals surface area contributed by atoms with Gasteiger partial charge < -0.3 is 19.9 Å². The van der Waals surface area contributed by atoms with Crippen LogP contribution in [0.15, 0.2) is 48.7 Å². The fraction of sp³-hybridized carbons (Fsp3) is 0.208. The minimum Gasteiger partial charge on any atom is -0.497 e. The average molecular weight is 428 g/mol. The van der Waals surface area contributed by atoms with Crippen molar-refractivity contribution in [2.45, 2.75) is 18.5 Å². The van der Waals surface area contributed by atoms with Gasteiger partial charge in [-0.1, -0.05) is 24.0 Å². The molecule has 5 rings (SSSR count). The Labute approximate surface area is 183 Å². The van der Waals surface area contributed by atoms with Crippen LogP contribution in [0.3, 0.4) is 0 Å². The summed E-state index contributed by atoms with van der Waals surface area (Å²) in [7, 11) is 1.55. The van der Waals surface area contributed by atoms with Crippen molar-refractivity contribution in [2.75, 3.05) is 13.7 Å². The van der Waals surface area contributed by atoms with E-state index in [1.54, 1.807) is 18.1 Å². The molecule has 0 spiro atoms. The molecule has 160 valence electrons. The first-order valence-corrected chi connectivity index (χ1v) is 10.2. The number of H-pyrrole nitrogens is 1. The van der Waals surface area contributed by atoms with Crippen molar-refractivity contribution in [3.8, 4) is 17.6 Å². The molecule has 1 fully saturated rings. The Kier molecular flexibility index (Phi) is 4.59. The first-order valence-electron chi connectivity index (χ1n) is 10.2. The van der Waals surface area contributed by atoms with Gasteiger partial charge in [0.25, 0.3) is 11.8 Å². The summed E-state index contributed by atoms with van der Waals surface area (Å²) in [6.45, 7) is 0.687. The molecule has 8 heteroatoms. The molecule has 0 bridgehead atoms. The van der Waals surface area contributed by atoms with Gasteiger partial charge in [0.05, 0.1) is 7.11 Å². The molecule has 1 unspecified atom stereocenters. The van der Waals surface area contributed by atoms with Crippen molar-refractivity contribution in [2.24, 2.45) is 0 Å². The number of rotatable bonds is 4. The lowest BCUT2D eigenvalue weighted by molar-refractivity contribution is -0.122. The summed E-state index contributed by atoms with van der Waals surface area (Å²) in [5, 5.41) is 5.88. The van der Waals surface area contributed by atoms with Crippen molar-refractivity contribution < 1.29 is 19.1 Å². The van der Waals surface area contributed by atoms with Crippen LogP contribution in [0, 0.1) is 11.8 Å². The van der Waals surface area contributed by atoms with Gasteiger partial charge in [0.1, 0.15) is 5.75 Å². The number of benzene rings is 2. The summed E-state index contributed by atoms with van der Waals surface area (Å²) in [5.74, 6) is 6.01. The van der Waals surface area contributed by atoms with Crippen LogP contribution in [-0.2, 0) is 11.3 Å². The van der Waals surface area contributed by atoms with Crippen LogP contribution in [0.25, 0.3) is 10.9 Å². The topological polar surface area (TPSA) is 104 Å². The molecule has 3 N–H and O–H groups in total. The summed E-state index contributed by atoms with van der Waals surface area (Å²) in [6.07, 6.45) is 1.98. The third-order valence-electron chi connectivity index (χ3n) is 5.90. The van der Waals surface area contributed by atoms with Gasteiger partial charge in [-0.15, -0.1) is 0 Å². The Bertz CT molecular complexity index is 1330. The van der Waals surface area contributed by atoms with E-state index in [9.17, 15) is 14.4 Å².